The second kappa shape index (κ2) is 5.13. The Bertz CT molecular complexity index is 305. The van der Waals surface area contributed by atoms with Gasteiger partial charge in [0.25, 0.3) is 0 Å². The van der Waals surface area contributed by atoms with Crippen LogP contribution in [-0.2, 0) is 9.53 Å². The molecule has 3 aliphatic rings. The second-order valence-electron chi connectivity index (χ2n) is 5.31. The van der Waals surface area contributed by atoms with E-state index in [4.69, 9.17) is 4.74 Å². The van der Waals surface area contributed by atoms with Gasteiger partial charge in [-0.2, -0.15) is 0 Å². The zero-order chi connectivity index (χ0) is 12.5. The van der Waals surface area contributed by atoms with Crippen molar-refractivity contribution in [3.8, 4) is 0 Å². The van der Waals surface area contributed by atoms with Crippen LogP contribution in [0.25, 0.3) is 0 Å². The van der Waals surface area contributed by atoms with E-state index < -0.39 is 0 Å². The molecule has 0 unspecified atom stereocenters. The largest absolute Gasteiger partial charge is 0.468 e. The molecule has 0 aromatic heterocycles. The summed E-state index contributed by atoms with van der Waals surface area (Å²) in [6, 6.07) is 0. The van der Waals surface area contributed by atoms with Gasteiger partial charge in [0.15, 0.2) is 0 Å². The third kappa shape index (κ3) is 2.25. The molecule has 0 aliphatic carbocycles. The molecule has 0 radical (unpaired) electrons. The lowest BCUT2D eigenvalue weighted by Gasteiger charge is -2.37. The van der Waals surface area contributed by atoms with Gasteiger partial charge in [-0.05, 0) is 0 Å². The molecular formula is C12H22N4O2. The molecule has 6 heteroatoms. The quantitative estimate of drug-likeness (QED) is 0.570. The zero-order valence-electron chi connectivity index (χ0n) is 11.0. The van der Waals surface area contributed by atoms with Crippen molar-refractivity contribution in [3.05, 3.63) is 0 Å². The first-order chi connectivity index (χ1) is 8.78. The second-order valence-corrected chi connectivity index (χ2v) is 5.31. The minimum Gasteiger partial charge on any atom is -0.468 e. The van der Waals surface area contributed by atoms with Gasteiger partial charge in [0.2, 0.25) is 0 Å². The third-order valence-corrected chi connectivity index (χ3v) is 4.32. The van der Waals surface area contributed by atoms with E-state index in [0.717, 1.165) is 39.3 Å². The Morgan fingerprint density at radius 1 is 0.944 bits per heavy atom. The van der Waals surface area contributed by atoms with Crippen LogP contribution in [0.4, 0.5) is 0 Å². The van der Waals surface area contributed by atoms with Gasteiger partial charge in [-0.15, -0.1) is 0 Å². The number of methoxy groups -OCH3 is 1. The maximum absolute atomic E-state index is 11.4. The molecular weight excluding hydrogens is 232 g/mol. The number of carbonyl (C=O) groups excluding carboxylic acids is 1. The minimum atomic E-state index is -0.128. The minimum absolute atomic E-state index is 0.128. The highest BCUT2D eigenvalue weighted by molar-refractivity contribution is 5.71. The van der Waals surface area contributed by atoms with Crippen LogP contribution in [0.15, 0.2) is 0 Å². The summed E-state index contributed by atoms with van der Waals surface area (Å²) in [5.41, 5.74) is 0. The van der Waals surface area contributed by atoms with Crippen LogP contribution in [0.5, 0.6) is 0 Å². The summed E-state index contributed by atoms with van der Waals surface area (Å²) in [6.07, 6.45) is 0.533. The van der Waals surface area contributed by atoms with Crippen LogP contribution in [0.2, 0.25) is 0 Å². The molecule has 0 N–H and O–H groups in total. The summed E-state index contributed by atoms with van der Waals surface area (Å²) in [5, 5.41) is 0. The average Bonchev–Trinajstić information content (AvgIpc) is 2.91. The van der Waals surface area contributed by atoms with Crippen molar-refractivity contribution < 1.29 is 9.53 Å². The Morgan fingerprint density at radius 2 is 1.39 bits per heavy atom. The normalized spacial score (nSPS) is 28.1. The van der Waals surface area contributed by atoms with Crippen molar-refractivity contribution in [2.75, 3.05) is 66.0 Å². The van der Waals surface area contributed by atoms with Crippen molar-refractivity contribution in [1.82, 2.24) is 19.6 Å². The Hall–Kier alpha value is -0.690. The van der Waals surface area contributed by atoms with E-state index >= 15 is 0 Å². The monoisotopic (exact) mass is 254 g/mol. The van der Waals surface area contributed by atoms with Crippen LogP contribution in [0.3, 0.4) is 0 Å². The van der Waals surface area contributed by atoms with Crippen molar-refractivity contribution in [1.29, 1.82) is 0 Å². The number of hydrogen-bond acceptors (Lipinski definition) is 6. The molecule has 6 nitrogen and oxygen atoms in total. The van der Waals surface area contributed by atoms with Crippen molar-refractivity contribution in [2.24, 2.45) is 0 Å². The van der Waals surface area contributed by atoms with Gasteiger partial charge in [-0.25, -0.2) is 0 Å². The molecule has 0 atom stereocenters. The Balaban J connectivity index is 1.62. The number of ether oxygens (including phenoxy) is 1. The molecule has 3 rings (SSSR count). The Labute approximate surface area is 108 Å². The molecule has 0 bridgehead atoms. The molecule has 3 saturated heterocycles. The smallest absolute Gasteiger partial charge is 0.319 e. The van der Waals surface area contributed by atoms with Crippen molar-refractivity contribution in [3.63, 3.8) is 0 Å². The van der Waals surface area contributed by atoms with E-state index in [1.807, 2.05) is 0 Å². The van der Waals surface area contributed by atoms with Gasteiger partial charge >= 0.3 is 5.97 Å². The fraction of sp³-hybridized carbons (Fsp3) is 0.917. The van der Waals surface area contributed by atoms with E-state index in [-0.39, 0.29) is 5.97 Å². The lowest BCUT2D eigenvalue weighted by Crippen LogP contribution is -2.53. The molecule has 102 valence electrons. The topological polar surface area (TPSA) is 39.3 Å². The molecule has 3 fully saturated rings. The summed E-state index contributed by atoms with van der Waals surface area (Å²) in [4.78, 5) is 21.2. The van der Waals surface area contributed by atoms with Gasteiger partial charge in [-0.1, -0.05) is 0 Å². The van der Waals surface area contributed by atoms with Crippen LogP contribution in [0.1, 0.15) is 0 Å². The Kier molecular flexibility index (Phi) is 3.52. The summed E-state index contributed by atoms with van der Waals surface area (Å²) in [6.45, 7) is 9.16. The number of hydrogen-bond donors (Lipinski definition) is 0. The summed E-state index contributed by atoms with van der Waals surface area (Å²) in [7, 11) is 1.46. The highest BCUT2D eigenvalue weighted by atomic mass is 16.5. The van der Waals surface area contributed by atoms with Crippen molar-refractivity contribution in [2.45, 2.75) is 6.29 Å². The van der Waals surface area contributed by atoms with Crippen molar-refractivity contribution >= 4 is 5.97 Å². The lowest BCUT2D eigenvalue weighted by molar-refractivity contribution is -0.142. The van der Waals surface area contributed by atoms with E-state index in [2.05, 4.69) is 19.6 Å². The molecule has 3 heterocycles. The summed E-state index contributed by atoms with van der Waals surface area (Å²) >= 11 is 0. The first-order valence-corrected chi connectivity index (χ1v) is 6.79. The standard InChI is InChI=1S/C12H22N4O2/c1-18-11(17)10-13-2-4-14-6-8-16-9-7-15(5-3-13)12(14)16/h12H,2-10H2,1H3. The summed E-state index contributed by atoms with van der Waals surface area (Å²) < 4.78 is 4.76. The molecule has 18 heavy (non-hydrogen) atoms. The van der Waals surface area contributed by atoms with E-state index in [1.54, 1.807) is 0 Å². The lowest BCUT2D eigenvalue weighted by atomic mass is 10.3. The fourth-order valence-corrected chi connectivity index (χ4v) is 3.29. The molecule has 0 spiro atoms. The third-order valence-electron chi connectivity index (χ3n) is 4.32. The SMILES string of the molecule is COC(=O)CN1CCN2CCN3CCN(CC1)C23. The predicted molar refractivity (Wildman–Crippen MR) is 67.0 cm³/mol. The van der Waals surface area contributed by atoms with E-state index in [9.17, 15) is 4.79 Å². The van der Waals surface area contributed by atoms with Gasteiger partial charge in [0, 0.05) is 52.4 Å². The van der Waals surface area contributed by atoms with E-state index in [1.165, 1.54) is 20.2 Å². The van der Waals surface area contributed by atoms with Crippen LogP contribution in [0, 0.1) is 0 Å². The highest BCUT2D eigenvalue weighted by Crippen LogP contribution is 2.24. The summed E-state index contributed by atoms with van der Waals surface area (Å²) in [5.74, 6) is -0.128. The molecule has 0 saturated carbocycles. The van der Waals surface area contributed by atoms with Crippen LogP contribution in [-0.4, -0.2) is 97.9 Å². The molecule has 0 aromatic rings. The number of carbonyl (C=O) groups is 1. The van der Waals surface area contributed by atoms with Gasteiger partial charge in [-0.3, -0.25) is 24.4 Å². The first-order valence-electron chi connectivity index (χ1n) is 6.79. The average molecular weight is 254 g/mol. The van der Waals surface area contributed by atoms with Crippen LogP contribution < -0.4 is 0 Å². The first kappa shape index (κ1) is 12.3. The van der Waals surface area contributed by atoms with E-state index in [0.29, 0.717) is 12.8 Å². The maximum Gasteiger partial charge on any atom is 0.319 e. The van der Waals surface area contributed by atoms with Gasteiger partial charge in [0.05, 0.1) is 13.7 Å². The highest BCUT2D eigenvalue weighted by Gasteiger charge is 2.41. The molecule has 3 aliphatic heterocycles. The fourth-order valence-electron chi connectivity index (χ4n) is 3.29. The van der Waals surface area contributed by atoms with Gasteiger partial charge in [0.1, 0.15) is 6.29 Å². The maximum atomic E-state index is 11.4. The Morgan fingerprint density at radius 3 is 1.83 bits per heavy atom. The molecule has 0 aromatic carbocycles. The zero-order valence-corrected chi connectivity index (χ0v) is 11.0. The number of rotatable bonds is 2. The predicted octanol–water partition coefficient (Wildman–Crippen LogP) is -1.31. The number of esters is 1. The molecule has 0 amide bonds. The van der Waals surface area contributed by atoms with Gasteiger partial charge < -0.3 is 4.74 Å². The number of nitrogens with zero attached hydrogens (tertiary/aromatic N) is 4. The van der Waals surface area contributed by atoms with Crippen LogP contribution >= 0.6 is 0 Å².